The number of rotatable bonds is 4. The maximum Gasteiger partial charge on any atom is 0.230 e. The highest BCUT2D eigenvalue weighted by molar-refractivity contribution is 7.18. The number of benzene rings is 1. The monoisotopic (exact) mass is 314 g/mol. The maximum absolute atomic E-state index is 13.7. The molecule has 0 fully saturated rings. The van der Waals surface area contributed by atoms with Gasteiger partial charge in [-0.25, -0.2) is 4.39 Å². The molecular weight excluding hydrogens is 303 g/mol. The lowest BCUT2D eigenvalue weighted by atomic mass is 10.2. The molecule has 22 heavy (non-hydrogen) atoms. The van der Waals surface area contributed by atoms with Gasteiger partial charge in [0.05, 0.1) is 6.42 Å². The smallest absolute Gasteiger partial charge is 0.230 e. The van der Waals surface area contributed by atoms with Crippen LogP contribution in [0.3, 0.4) is 0 Å². The SMILES string of the molecule is O=C(Cc1cccnc1)Nc1nnc(-c2ccccc2F)s1. The minimum absolute atomic E-state index is 0.197. The molecule has 3 rings (SSSR count). The van der Waals surface area contributed by atoms with Crippen LogP contribution in [0.25, 0.3) is 10.6 Å². The highest BCUT2D eigenvalue weighted by Gasteiger charge is 2.12. The van der Waals surface area contributed by atoms with Crippen LogP contribution in [0, 0.1) is 5.82 Å². The molecule has 0 saturated carbocycles. The minimum atomic E-state index is -0.369. The molecule has 0 aliphatic rings. The van der Waals surface area contributed by atoms with Crippen molar-refractivity contribution in [3.63, 3.8) is 0 Å². The third-order valence-corrected chi connectivity index (χ3v) is 3.74. The molecule has 0 radical (unpaired) electrons. The fraction of sp³-hybridized carbons (Fsp3) is 0.0667. The Kier molecular flexibility index (Phi) is 4.15. The molecule has 7 heteroatoms. The van der Waals surface area contributed by atoms with Gasteiger partial charge in [0.25, 0.3) is 0 Å². The average molecular weight is 314 g/mol. The molecule has 0 unspecified atom stereocenters. The fourth-order valence-electron chi connectivity index (χ4n) is 1.87. The standard InChI is InChI=1S/C15H11FN4OS/c16-12-6-2-1-5-11(12)14-19-20-15(22-14)18-13(21)8-10-4-3-7-17-9-10/h1-7,9H,8H2,(H,18,20,21). The Hall–Kier alpha value is -2.67. The van der Waals surface area contributed by atoms with E-state index < -0.39 is 0 Å². The van der Waals surface area contributed by atoms with Gasteiger partial charge in [-0.15, -0.1) is 10.2 Å². The highest BCUT2D eigenvalue weighted by atomic mass is 32.1. The second-order valence-electron chi connectivity index (χ2n) is 4.48. The van der Waals surface area contributed by atoms with E-state index in [0.29, 0.717) is 15.7 Å². The highest BCUT2D eigenvalue weighted by Crippen LogP contribution is 2.28. The predicted octanol–water partition coefficient (Wildman–Crippen LogP) is 2.92. The van der Waals surface area contributed by atoms with Crippen molar-refractivity contribution >= 4 is 22.4 Å². The van der Waals surface area contributed by atoms with Gasteiger partial charge in [-0.05, 0) is 23.8 Å². The van der Waals surface area contributed by atoms with Crippen LogP contribution < -0.4 is 5.32 Å². The Morgan fingerprint density at radius 2 is 2.05 bits per heavy atom. The van der Waals surface area contributed by atoms with Crippen molar-refractivity contribution in [1.29, 1.82) is 0 Å². The number of pyridine rings is 1. The number of halogens is 1. The van der Waals surface area contributed by atoms with Crippen LogP contribution in [0.15, 0.2) is 48.8 Å². The van der Waals surface area contributed by atoms with E-state index >= 15 is 0 Å². The van der Waals surface area contributed by atoms with Crippen LogP contribution in [0.1, 0.15) is 5.56 Å². The van der Waals surface area contributed by atoms with Crippen molar-refractivity contribution in [3.8, 4) is 10.6 Å². The molecule has 1 N–H and O–H groups in total. The zero-order valence-electron chi connectivity index (χ0n) is 11.4. The van der Waals surface area contributed by atoms with Gasteiger partial charge in [-0.3, -0.25) is 9.78 Å². The Bertz CT molecular complexity index is 791. The van der Waals surface area contributed by atoms with Crippen LogP contribution in [0.4, 0.5) is 9.52 Å². The summed E-state index contributed by atoms with van der Waals surface area (Å²) < 4.78 is 13.7. The molecule has 3 aromatic rings. The molecule has 2 aromatic heterocycles. The second-order valence-corrected chi connectivity index (χ2v) is 5.46. The number of hydrogen-bond acceptors (Lipinski definition) is 5. The number of anilines is 1. The van der Waals surface area contributed by atoms with Crippen molar-refractivity contribution in [2.45, 2.75) is 6.42 Å². The maximum atomic E-state index is 13.7. The number of amides is 1. The lowest BCUT2D eigenvalue weighted by molar-refractivity contribution is -0.115. The summed E-state index contributed by atoms with van der Waals surface area (Å²) in [5, 5.41) is 11.2. The molecule has 110 valence electrons. The molecule has 0 spiro atoms. The van der Waals surface area contributed by atoms with E-state index in [2.05, 4.69) is 20.5 Å². The molecule has 1 amide bonds. The first kappa shape index (κ1) is 14.3. The summed E-state index contributed by atoms with van der Waals surface area (Å²) in [6.07, 6.45) is 3.47. The first-order valence-corrected chi connectivity index (χ1v) is 7.31. The zero-order valence-corrected chi connectivity index (χ0v) is 12.2. The van der Waals surface area contributed by atoms with Crippen molar-refractivity contribution in [3.05, 3.63) is 60.2 Å². The Morgan fingerprint density at radius 1 is 1.18 bits per heavy atom. The lowest BCUT2D eigenvalue weighted by Gasteiger charge is -2.00. The quantitative estimate of drug-likeness (QED) is 0.804. The van der Waals surface area contributed by atoms with Crippen LogP contribution >= 0.6 is 11.3 Å². The molecule has 5 nitrogen and oxygen atoms in total. The first-order valence-electron chi connectivity index (χ1n) is 6.49. The predicted molar refractivity (Wildman–Crippen MR) is 81.9 cm³/mol. The first-order chi connectivity index (χ1) is 10.7. The van der Waals surface area contributed by atoms with Crippen molar-refractivity contribution in [2.75, 3.05) is 5.32 Å². The van der Waals surface area contributed by atoms with E-state index in [9.17, 15) is 9.18 Å². The van der Waals surface area contributed by atoms with E-state index in [1.165, 1.54) is 6.07 Å². The van der Waals surface area contributed by atoms with Crippen molar-refractivity contribution < 1.29 is 9.18 Å². The van der Waals surface area contributed by atoms with Gasteiger partial charge in [0.15, 0.2) is 5.01 Å². The van der Waals surface area contributed by atoms with Gasteiger partial charge in [0.1, 0.15) is 5.82 Å². The average Bonchev–Trinajstić information content (AvgIpc) is 2.97. The fourth-order valence-corrected chi connectivity index (χ4v) is 2.66. The summed E-state index contributed by atoms with van der Waals surface area (Å²) in [4.78, 5) is 15.9. The molecule has 0 atom stereocenters. The van der Waals surface area contributed by atoms with E-state index in [0.717, 1.165) is 16.9 Å². The normalized spacial score (nSPS) is 10.4. The van der Waals surface area contributed by atoms with E-state index in [1.807, 2.05) is 6.07 Å². The van der Waals surface area contributed by atoms with Gasteiger partial charge in [-0.2, -0.15) is 0 Å². The number of aromatic nitrogens is 3. The molecule has 0 bridgehead atoms. The van der Waals surface area contributed by atoms with Gasteiger partial charge >= 0.3 is 0 Å². The van der Waals surface area contributed by atoms with Gasteiger partial charge in [0, 0.05) is 18.0 Å². The van der Waals surface area contributed by atoms with Crippen LogP contribution in [-0.4, -0.2) is 21.1 Å². The zero-order chi connectivity index (χ0) is 15.4. The van der Waals surface area contributed by atoms with Crippen LogP contribution in [0.2, 0.25) is 0 Å². The number of carbonyl (C=O) groups excluding carboxylic acids is 1. The Balaban J connectivity index is 1.70. The largest absolute Gasteiger partial charge is 0.300 e. The van der Waals surface area contributed by atoms with Gasteiger partial charge < -0.3 is 5.32 Å². The molecule has 1 aromatic carbocycles. The number of hydrogen-bond donors (Lipinski definition) is 1. The number of nitrogens with one attached hydrogen (secondary N) is 1. The number of nitrogens with zero attached hydrogens (tertiary/aromatic N) is 3. The van der Waals surface area contributed by atoms with Crippen LogP contribution in [-0.2, 0) is 11.2 Å². The summed E-state index contributed by atoms with van der Waals surface area (Å²) in [6.45, 7) is 0. The lowest BCUT2D eigenvalue weighted by Crippen LogP contribution is -2.14. The molecular formula is C15H11FN4OS. The Labute approximate surface area is 129 Å². The van der Waals surface area contributed by atoms with Gasteiger partial charge in [0.2, 0.25) is 11.0 Å². The van der Waals surface area contributed by atoms with Crippen molar-refractivity contribution in [1.82, 2.24) is 15.2 Å². The summed E-state index contributed by atoms with van der Waals surface area (Å²) in [5.74, 6) is -0.587. The summed E-state index contributed by atoms with van der Waals surface area (Å²) in [6, 6.07) is 9.90. The molecule has 0 saturated heterocycles. The summed E-state index contributed by atoms with van der Waals surface area (Å²) in [7, 11) is 0. The molecule has 0 aliphatic carbocycles. The topological polar surface area (TPSA) is 67.8 Å². The third-order valence-electron chi connectivity index (χ3n) is 2.86. The van der Waals surface area contributed by atoms with E-state index in [1.54, 1.807) is 36.7 Å². The van der Waals surface area contributed by atoms with E-state index in [4.69, 9.17) is 0 Å². The molecule has 2 heterocycles. The third kappa shape index (κ3) is 3.32. The van der Waals surface area contributed by atoms with E-state index in [-0.39, 0.29) is 18.1 Å². The van der Waals surface area contributed by atoms with Crippen LogP contribution in [0.5, 0.6) is 0 Å². The van der Waals surface area contributed by atoms with Gasteiger partial charge in [-0.1, -0.05) is 29.5 Å². The van der Waals surface area contributed by atoms with Crippen molar-refractivity contribution in [2.24, 2.45) is 0 Å². The second kappa shape index (κ2) is 6.40. The minimum Gasteiger partial charge on any atom is -0.300 e. The summed E-state index contributed by atoms with van der Waals surface area (Å²) >= 11 is 1.13. The number of carbonyl (C=O) groups is 1. The Morgan fingerprint density at radius 3 is 2.82 bits per heavy atom. The summed E-state index contributed by atoms with van der Waals surface area (Å²) in [5.41, 5.74) is 1.17. The molecule has 0 aliphatic heterocycles.